The molecular weight excluding hydrogens is 457 g/mol. The second-order valence-electron chi connectivity index (χ2n) is 5.62. The highest BCUT2D eigenvalue weighted by Gasteiger charge is 2.09. The van der Waals surface area contributed by atoms with E-state index in [9.17, 15) is 0 Å². The smallest absolute Gasteiger partial charge is 0.195 e. The van der Waals surface area contributed by atoms with E-state index in [1.165, 1.54) is 0 Å². The molecule has 0 aromatic heterocycles. The molecule has 0 saturated carbocycles. The lowest BCUT2D eigenvalue weighted by molar-refractivity contribution is 0.224. The molecule has 0 fully saturated rings. The first-order chi connectivity index (χ1) is 12.7. The van der Waals surface area contributed by atoms with Crippen LogP contribution in [0.15, 0.2) is 53.5 Å². The van der Waals surface area contributed by atoms with Crippen molar-refractivity contribution in [3.05, 3.63) is 48.5 Å². The molecule has 7 heteroatoms. The second-order valence-corrected chi connectivity index (χ2v) is 5.62. The Morgan fingerprint density at radius 2 is 1.85 bits per heavy atom. The lowest BCUT2D eigenvalue weighted by atomic mass is 10.2. The second kappa shape index (κ2) is 12.3. The predicted octanol–water partition coefficient (Wildman–Crippen LogP) is 4.17. The fraction of sp³-hybridized carbons (Fsp3) is 0.350. The average Bonchev–Trinajstić information content (AvgIpc) is 2.67. The van der Waals surface area contributed by atoms with Crippen LogP contribution in [-0.4, -0.2) is 39.4 Å². The van der Waals surface area contributed by atoms with Gasteiger partial charge in [-0.3, -0.25) is 4.99 Å². The van der Waals surface area contributed by atoms with Crippen LogP contribution in [0.2, 0.25) is 0 Å². The molecule has 0 radical (unpaired) electrons. The number of methoxy groups -OCH3 is 1. The third-order valence-corrected chi connectivity index (χ3v) is 3.59. The summed E-state index contributed by atoms with van der Waals surface area (Å²) in [5.41, 5.74) is 0.857. The van der Waals surface area contributed by atoms with Crippen molar-refractivity contribution in [3.63, 3.8) is 0 Å². The van der Waals surface area contributed by atoms with E-state index >= 15 is 0 Å². The van der Waals surface area contributed by atoms with Gasteiger partial charge in [0.25, 0.3) is 0 Å². The van der Waals surface area contributed by atoms with Crippen molar-refractivity contribution >= 4 is 35.6 Å². The van der Waals surface area contributed by atoms with Gasteiger partial charge in [-0.05, 0) is 38.1 Å². The number of hydrogen-bond donors (Lipinski definition) is 2. The Bertz CT molecular complexity index is 711. The van der Waals surface area contributed by atoms with Crippen molar-refractivity contribution in [1.82, 2.24) is 5.32 Å². The van der Waals surface area contributed by atoms with Crippen LogP contribution in [0, 0.1) is 0 Å². The Kier molecular flexibility index (Phi) is 10.4. The van der Waals surface area contributed by atoms with Crippen LogP contribution in [0.1, 0.15) is 13.8 Å². The number of nitrogens with one attached hydrogen (secondary N) is 2. The Balaban J connectivity index is 0.00000364. The van der Waals surface area contributed by atoms with E-state index in [1.54, 1.807) is 14.2 Å². The first-order valence-corrected chi connectivity index (χ1v) is 8.66. The van der Waals surface area contributed by atoms with E-state index in [-0.39, 0.29) is 30.1 Å². The Morgan fingerprint density at radius 3 is 2.48 bits per heavy atom. The minimum absolute atomic E-state index is 0. The van der Waals surface area contributed by atoms with Crippen molar-refractivity contribution in [3.8, 4) is 17.2 Å². The van der Waals surface area contributed by atoms with Gasteiger partial charge in [0, 0.05) is 18.8 Å². The average molecular weight is 485 g/mol. The van der Waals surface area contributed by atoms with Crippen LogP contribution < -0.4 is 24.8 Å². The molecule has 0 amide bonds. The fourth-order valence-electron chi connectivity index (χ4n) is 2.35. The van der Waals surface area contributed by atoms with Crippen molar-refractivity contribution in [2.45, 2.75) is 20.0 Å². The zero-order valence-corrected chi connectivity index (χ0v) is 18.5. The molecule has 0 aliphatic heterocycles. The van der Waals surface area contributed by atoms with Crippen LogP contribution in [-0.2, 0) is 0 Å². The van der Waals surface area contributed by atoms with Gasteiger partial charge in [-0.15, -0.1) is 24.0 Å². The van der Waals surface area contributed by atoms with Gasteiger partial charge >= 0.3 is 0 Å². The third kappa shape index (κ3) is 7.54. The highest BCUT2D eigenvalue weighted by molar-refractivity contribution is 14.0. The number of rotatable bonds is 8. The van der Waals surface area contributed by atoms with Crippen LogP contribution in [0.25, 0.3) is 0 Å². The van der Waals surface area contributed by atoms with Crippen LogP contribution >= 0.6 is 24.0 Å². The maximum Gasteiger partial charge on any atom is 0.195 e. The highest BCUT2D eigenvalue weighted by atomic mass is 127. The van der Waals surface area contributed by atoms with Crippen LogP contribution in [0.3, 0.4) is 0 Å². The number of nitrogens with zero attached hydrogens (tertiary/aromatic N) is 1. The van der Waals surface area contributed by atoms with E-state index in [4.69, 9.17) is 14.2 Å². The molecule has 27 heavy (non-hydrogen) atoms. The van der Waals surface area contributed by atoms with Gasteiger partial charge < -0.3 is 24.8 Å². The lowest BCUT2D eigenvalue weighted by Gasteiger charge is -2.18. The molecule has 0 bridgehead atoms. The lowest BCUT2D eigenvalue weighted by Crippen LogP contribution is -2.37. The Labute approximate surface area is 178 Å². The largest absolute Gasteiger partial charge is 0.493 e. The van der Waals surface area contributed by atoms with Gasteiger partial charge in [-0.2, -0.15) is 0 Å². The third-order valence-electron chi connectivity index (χ3n) is 3.59. The summed E-state index contributed by atoms with van der Waals surface area (Å²) < 4.78 is 16.8. The van der Waals surface area contributed by atoms with Gasteiger partial charge in [-0.25, -0.2) is 0 Å². The number of ether oxygens (including phenoxy) is 3. The number of hydrogen-bond acceptors (Lipinski definition) is 4. The zero-order valence-electron chi connectivity index (χ0n) is 16.2. The molecule has 0 aliphatic rings. The summed E-state index contributed by atoms with van der Waals surface area (Å²) in [7, 11) is 3.35. The summed E-state index contributed by atoms with van der Waals surface area (Å²) in [4.78, 5) is 4.24. The van der Waals surface area contributed by atoms with Crippen molar-refractivity contribution in [2.24, 2.45) is 4.99 Å². The normalized spacial score (nSPS) is 11.8. The van der Waals surface area contributed by atoms with Crippen molar-refractivity contribution in [2.75, 3.05) is 32.6 Å². The van der Waals surface area contributed by atoms with Crippen molar-refractivity contribution in [1.29, 1.82) is 0 Å². The number of aliphatic imine (C=N–C) groups is 1. The van der Waals surface area contributed by atoms with Crippen LogP contribution in [0.4, 0.5) is 5.69 Å². The fourth-order valence-corrected chi connectivity index (χ4v) is 2.35. The SMILES string of the molecule is CCOc1ccc(NC(=NC)NCC(C)Oc2ccccc2)cc1OC.I. The van der Waals surface area contributed by atoms with Gasteiger partial charge in [0.2, 0.25) is 0 Å². The molecule has 2 aromatic rings. The molecule has 0 heterocycles. The topological polar surface area (TPSA) is 64.1 Å². The molecule has 0 aliphatic carbocycles. The minimum atomic E-state index is -0.00850. The molecular formula is C20H28IN3O3. The Morgan fingerprint density at radius 1 is 1.11 bits per heavy atom. The quantitative estimate of drug-likeness (QED) is 0.334. The molecule has 0 spiro atoms. The van der Waals surface area contributed by atoms with E-state index in [2.05, 4.69) is 15.6 Å². The summed E-state index contributed by atoms with van der Waals surface area (Å²) in [6, 6.07) is 15.4. The molecule has 1 atom stereocenters. The highest BCUT2D eigenvalue weighted by Crippen LogP contribution is 2.30. The van der Waals surface area contributed by atoms with Gasteiger partial charge in [0.1, 0.15) is 11.9 Å². The Hall–Kier alpha value is -2.16. The summed E-state index contributed by atoms with van der Waals surface area (Å²) in [6.45, 7) is 5.15. The molecule has 2 N–H and O–H groups in total. The molecule has 2 rings (SSSR count). The van der Waals surface area contributed by atoms with E-state index in [1.807, 2.05) is 62.4 Å². The van der Waals surface area contributed by atoms with Crippen molar-refractivity contribution < 1.29 is 14.2 Å². The molecule has 1 unspecified atom stereocenters. The summed E-state index contributed by atoms with van der Waals surface area (Å²) in [5.74, 6) is 2.89. The number of halogens is 1. The minimum Gasteiger partial charge on any atom is -0.493 e. The van der Waals surface area contributed by atoms with E-state index in [0.717, 1.165) is 11.4 Å². The number of guanidine groups is 1. The molecule has 2 aromatic carbocycles. The standard InChI is InChI=1S/C20H27N3O3.HI/c1-5-25-18-12-11-16(13-19(18)24-4)23-20(21-3)22-14-15(2)26-17-9-7-6-8-10-17;/h6-13,15H,5,14H2,1-4H3,(H2,21,22,23);1H. The molecule has 6 nitrogen and oxygen atoms in total. The van der Waals surface area contributed by atoms with Crippen LogP contribution in [0.5, 0.6) is 17.2 Å². The first kappa shape index (κ1) is 22.9. The predicted molar refractivity (Wildman–Crippen MR) is 121 cm³/mol. The van der Waals surface area contributed by atoms with E-state index < -0.39 is 0 Å². The zero-order chi connectivity index (χ0) is 18.8. The first-order valence-electron chi connectivity index (χ1n) is 8.66. The van der Waals surface area contributed by atoms with E-state index in [0.29, 0.717) is 30.6 Å². The number of anilines is 1. The summed E-state index contributed by atoms with van der Waals surface area (Å²) in [6.07, 6.45) is -0.00850. The van der Waals surface area contributed by atoms with Gasteiger partial charge in [0.05, 0.1) is 20.3 Å². The maximum absolute atomic E-state index is 5.86. The summed E-state index contributed by atoms with van der Waals surface area (Å²) in [5, 5.41) is 6.50. The summed E-state index contributed by atoms with van der Waals surface area (Å²) >= 11 is 0. The molecule has 148 valence electrons. The maximum atomic E-state index is 5.86. The monoisotopic (exact) mass is 485 g/mol. The molecule has 0 saturated heterocycles. The number of benzene rings is 2. The number of para-hydroxylation sites is 1. The van der Waals surface area contributed by atoms with Gasteiger partial charge in [0.15, 0.2) is 17.5 Å². The van der Waals surface area contributed by atoms with Gasteiger partial charge in [-0.1, -0.05) is 18.2 Å².